The van der Waals surface area contributed by atoms with E-state index in [1.807, 2.05) is 32.2 Å². The summed E-state index contributed by atoms with van der Waals surface area (Å²) < 4.78 is 8.23. The minimum atomic E-state index is 0.629. The van der Waals surface area contributed by atoms with Gasteiger partial charge in [0.15, 0.2) is 0 Å². The molecular formula is C13H14N4OS. The van der Waals surface area contributed by atoms with Crippen molar-refractivity contribution in [1.82, 2.24) is 14.8 Å². The molecule has 0 saturated heterocycles. The lowest BCUT2D eigenvalue weighted by Gasteiger charge is -2.00. The Balaban J connectivity index is 2.08. The fourth-order valence-corrected chi connectivity index (χ4v) is 2.90. The molecule has 0 atom stereocenters. The van der Waals surface area contributed by atoms with Gasteiger partial charge in [-0.1, -0.05) is 0 Å². The Morgan fingerprint density at radius 1 is 1.42 bits per heavy atom. The third kappa shape index (κ3) is 2.04. The van der Waals surface area contributed by atoms with Gasteiger partial charge in [-0.3, -0.25) is 4.68 Å². The summed E-state index contributed by atoms with van der Waals surface area (Å²) in [5.74, 6) is 1.49. The van der Waals surface area contributed by atoms with Gasteiger partial charge in [-0.15, -0.1) is 11.3 Å². The molecule has 0 bridgehead atoms. The van der Waals surface area contributed by atoms with E-state index in [9.17, 15) is 0 Å². The molecular weight excluding hydrogens is 260 g/mol. The summed E-state index contributed by atoms with van der Waals surface area (Å²) in [4.78, 5) is 4.59. The number of fused-ring (bicyclic) bond motifs is 1. The molecule has 2 aromatic heterocycles. The van der Waals surface area contributed by atoms with Crippen LogP contribution in [0.3, 0.4) is 0 Å². The first-order valence-electron chi connectivity index (χ1n) is 6.00. The lowest BCUT2D eigenvalue weighted by atomic mass is 10.3. The Hall–Kier alpha value is -2.08. The van der Waals surface area contributed by atoms with Gasteiger partial charge < -0.3 is 10.5 Å². The minimum Gasteiger partial charge on any atom is -0.494 e. The van der Waals surface area contributed by atoms with Crippen molar-refractivity contribution in [2.24, 2.45) is 7.05 Å². The first-order valence-corrected chi connectivity index (χ1v) is 6.82. The molecule has 0 aliphatic heterocycles. The van der Waals surface area contributed by atoms with Gasteiger partial charge in [0, 0.05) is 7.05 Å². The fraction of sp³-hybridized carbons (Fsp3) is 0.231. The average molecular weight is 274 g/mol. The van der Waals surface area contributed by atoms with Crippen LogP contribution in [0.2, 0.25) is 0 Å². The molecule has 5 nitrogen and oxygen atoms in total. The van der Waals surface area contributed by atoms with Crippen molar-refractivity contribution < 1.29 is 4.74 Å². The summed E-state index contributed by atoms with van der Waals surface area (Å²) in [7, 11) is 1.82. The van der Waals surface area contributed by atoms with E-state index in [1.54, 1.807) is 22.2 Å². The topological polar surface area (TPSA) is 66.0 Å². The summed E-state index contributed by atoms with van der Waals surface area (Å²) in [6, 6.07) is 5.90. The molecule has 0 aliphatic rings. The van der Waals surface area contributed by atoms with Gasteiger partial charge in [-0.25, -0.2) is 4.98 Å². The maximum Gasteiger partial charge on any atom is 0.131 e. The van der Waals surface area contributed by atoms with Gasteiger partial charge >= 0.3 is 0 Å². The molecule has 19 heavy (non-hydrogen) atoms. The van der Waals surface area contributed by atoms with E-state index in [4.69, 9.17) is 10.5 Å². The summed E-state index contributed by atoms with van der Waals surface area (Å²) in [5, 5.41) is 5.03. The Morgan fingerprint density at radius 2 is 2.26 bits per heavy atom. The van der Waals surface area contributed by atoms with E-state index in [2.05, 4.69) is 10.1 Å². The summed E-state index contributed by atoms with van der Waals surface area (Å²) in [6.07, 6.45) is 1.75. The molecule has 0 radical (unpaired) electrons. The predicted molar refractivity (Wildman–Crippen MR) is 77.4 cm³/mol. The number of ether oxygens (including phenoxy) is 1. The van der Waals surface area contributed by atoms with E-state index < -0.39 is 0 Å². The Morgan fingerprint density at radius 3 is 2.95 bits per heavy atom. The van der Waals surface area contributed by atoms with Crippen LogP contribution >= 0.6 is 11.3 Å². The number of aryl methyl sites for hydroxylation is 1. The fourth-order valence-electron chi connectivity index (χ4n) is 1.89. The van der Waals surface area contributed by atoms with Gasteiger partial charge in [0.1, 0.15) is 16.6 Å². The summed E-state index contributed by atoms with van der Waals surface area (Å²) in [6.45, 7) is 2.63. The van der Waals surface area contributed by atoms with Crippen LogP contribution in [0.15, 0.2) is 24.4 Å². The lowest BCUT2D eigenvalue weighted by molar-refractivity contribution is 0.341. The molecule has 0 aliphatic carbocycles. The minimum absolute atomic E-state index is 0.629. The van der Waals surface area contributed by atoms with Gasteiger partial charge in [-0.2, -0.15) is 5.10 Å². The number of nitrogen functional groups attached to an aromatic ring is 1. The van der Waals surface area contributed by atoms with E-state index >= 15 is 0 Å². The van der Waals surface area contributed by atoms with E-state index in [0.717, 1.165) is 26.5 Å². The first-order chi connectivity index (χ1) is 9.19. The highest BCUT2D eigenvalue weighted by molar-refractivity contribution is 7.21. The van der Waals surface area contributed by atoms with Crippen molar-refractivity contribution in [3.8, 4) is 16.3 Å². The molecule has 0 unspecified atom stereocenters. The van der Waals surface area contributed by atoms with Crippen LogP contribution in [-0.4, -0.2) is 21.4 Å². The van der Waals surface area contributed by atoms with Crippen molar-refractivity contribution in [3.05, 3.63) is 24.4 Å². The highest BCUT2D eigenvalue weighted by atomic mass is 32.1. The molecule has 0 fully saturated rings. The van der Waals surface area contributed by atoms with Gasteiger partial charge in [-0.05, 0) is 25.1 Å². The summed E-state index contributed by atoms with van der Waals surface area (Å²) >= 11 is 1.59. The summed E-state index contributed by atoms with van der Waals surface area (Å²) in [5.41, 5.74) is 7.80. The average Bonchev–Trinajstić information content (AvgIpc) is 2.94. The van der Waals surface area contributed by atoms with Crippen molar-refractivity contribution in [2.45, 2.75) is 6.92 Å². The van der Waals surface area contributed by atoms with E-state index in [1.165, 1.54) is 0 Å². The highest BCUT2D eigenvalue weighted by Gasteiger charge is 2.12. The maximum atomic E-state index is 5.98. The number of hydrogen-bond donors (Lipinski definition) is 1. The molecule has 6 heteroatoms. The number of benzene rings is 1. The molecule has 3 aromatic rings. The number of hydrogen-bond acceptors (Lipinski definition) is 5. The largest absolute Gasteiger partial charge is 0.494 e. The molecule has 98 valence electrons. The molecule has 2 N–H and O–H groups in total. The van der Waals surface area contributed by atoms with Crippen LogP contribution in [0.5, 0.6) is 5.75 Å². The van der Waals surface area contributed by atoms with Crippen molar-refractivity contribution in [3.63, 3.8) is 0 Å². The third-order valence-corrected chi connectivity index (χ3v) is 3.94. The number of thiazole rings is 1. The van der Waals surface area contributed by atoms with Gasteiger partial charge in [0.05, 0.1) is 28.6 Å². The van der Waals surface area contributed by atoms with Crippen LogP contribution in [0.25, 0.3) is 20.8 Å². The molecule has 3 rings (SSSR count). The second-order valence-corrected chi connectivity index (χ2v) is 5.18. The normalized spacial score (nSPS) is 11.1. The van der Waals surface area contributed by atoms with Gasteiger partial charge in [0.2, 0.25) is 0 Å². The molecule has 0 spiro atoms. The second kappa shape index (κ2) is 4.55. The van der Waals surface area contributed by atoms with Crippen molar-refractivity contribution >= 4 is 27.4 Å². The van der Waals surface area contributed by atoms with Crippen LogP contribution in [0.4, 0.5) is 5.82 Å². The number of rotatable bonds is 3. The van der Waals surface area contributed by atoms with E-state index in [-0.39, 0.29) is 0 Å². The van der Waals surface area contributed by atoms with Gasteiger partial charge in [0.25, 0.3) is 0 Å². The number of nitrogens with two attached hydrogens (primary N) is 1. The zero-order valence-corrected chi connectivity index (χ0v) is 11.6. The van der Waals surface area contributed by atoms with Crippen LogP contribution in [-0.2, 0) is 7.05 Å². The third-order valence-electron chi connectivity index (χ3n) is 2.89. The molecule has 1 aromatic carbocycles. The van der Waals surface area contributed by atoms with Crippen LogP contribution in [0, 0.1) is 0 Å². The maximum absolute atomic E-state index is 5.98. The monoisotopic (exact) mass is 274 g/mol. The zero-order chi connectivity index (χ0) is 13.4. The quantitative estimate of drug-likeness (QED) is 0.797. The Labute approximate surface area is 114 Å². The smallest absolute Gasteiger partial charge is 0.131 e. The first kappa shape index (κ1) is 12.0. The lowest BCUT2D eigenvalue weighted by Crippen LogP contribution is -1.97. The van der Waals surface area contributed by atoms with Crippen LogP contribution < -0.4 is 10.5 Å². The number of aromatic nitrogens is 3. The van der Waals surface area contributed by atoms with Crippen molar-refractivity contribution in [2.75, 3.05) is 12.3 Å². The molecule has 2 heterocycles. The Kier molecular flexibility index (Phi) is 2.87. The zero-order valence-electron chi connectivity index (χ0n) is 10.8. The van der Waals surface area contributed by atoms with E-state index in [0.29, 0.717) is 12.4 Å². The SMILES string of the molecule is CCOc1ccc2nc(-c3cnn(C)c3N)sc2c1. The highest BCUT2D eigenvalue weighted by Crippen LogP contribution is 2.34. The standard InChI is InChI=1S/C13H14N4OS/c1-3-18-8-4-5-10-11(6-8)19-13(16-10)9-7-15-17(2)12(9)14/h4-7H,3,14H2,1-2H3. The van der Waals surface area contributed by atoms with Crippen LogP contribution in [0.1, 0.15) is 6.92 Å². The second-order valence-electron chi connectivity index (χ2n) is 4.15. The predicted octanol–water partition coefficient (Wildman–Crippen LogP) is 2.68. The number of nitrogens with zero attached hydrogens (tertiary/aromatic N) is 3. The Bertz CT molecular complexity index is 731. The molecule has 0 amide bonds. The number of anilines is 1. The van der Waals surface area contributed by atoms with Crippen molar-refractivity contribution in [1.29, 1.82) is 0 Å². The molecule has 0 saturated carbocycles.